The van der Waals surface area contributed by atoms with Crippen LogP contribution >= 0.6 is 11.8 Å². The van der Waals surface area contributed by atoms with Gasteiger partial charge in [-0.05, 0) is 19.1 Å². The van der Waals surface area contributed by atoms with Crippen molar-refractivity contribution in [1.29, 1.82) is 0 Å². The van der Waals surface area contributed by atoms with Gasteiger partial charge < -0.3 is 14.8 Å². The number of aromatic amines is 1. The first-order valence-electron chi connectivity index (χ1n) is 6.95. The van der Waals surface area contributed by atoms with Crippen molar-refractivity contribution in [3.05, 3.63) is 24.4 Å². The topological polar surface area (TPSA) is 89.1 Å². The fourth-order valence-corrected chi connectivity index (χ4v) is 2.70. The summed E-state index contributed by atoms with van der Waals surface area (Å²) in [6, 6.07) is 5.40. The van der Waals surface area contributed by atoms with E-state index in [1.54, 1.807) is 18.3 Å². The predicted molar refractivity (Wildman–Crippen MR) is 82.4 cm³/mol. The van der Waals surface area contributed by atoms with Gasteiger partial charge in [0.25, 0.3) is 0 Å². The molecule has 8 heteroatoms. The van der Waals surface area contributed by atoms with Crippen LogP contribution in [0.3, 0.4) is 0 Å². The van der Waals surface area contributed by atoms with E-state index in [4.69, 9.17) is 9.47 Å². The Morgan fingerprint density at radius 3 is 2.95 bits per heavy atom. The number of anilines is 1. The minimum absolute atomic E-state index is 0.109. The average molecular weight is 320 g/mol. The lowest BCUT2D eigenvalue weighted by atomic mass is 10.2. The maximum atomic E-state index is 12.2. The molecule has 0 saturated carbocycles. The number of fused-ring (bicyclic) bond motifs is 1. The fourth-order valence-electron chi connectivity index (χ4n) is 1.97. The molecular weight excluding hydrogens is 304 g/mol. The van der Waals surface area contributed by atoms with Crippen LogP contribution in [0.25, 0.3) is 0 Å². The Morgan fingerprint density at radius 1 is 1.36 bits per heavy atom. The van der Waals surface area contributed by atoms with Gasteiger partial charge in [-0.1, -0.05) is 11.8 Å². The van der Waals surface area contributed by atoms with Crippen LogP contribution in [0, 0.1) is 0 Å². The molecule has 1 atom stereocenters. The standard InChI is InChI=1S/C14H16N4O3S/c1-9(22-13-8-15-18-17-13)14(19)16-10-3-4-11-12(7-10)21-6-2-5-20-11/h3-4,7-9H,2,5-6H2,1H3,(H,16,19)(H,15,17,18). The Labute approximate surface area is 131 Å². The van der Waals surface area contributed by atoms with Crippen LogP contribution in [0.15, 0.2) is 29.4 Å². The van der Waals surface area contributed by atoms with Crippen LogP contribution in [0.2, 0.25) is 0 Å². The van der Waals surface area contributed by atoms with E-state index in [-0.39, 0.29) is 11.2 Å². The van der Waals surface area contributed by atoms with Crippen molar-refractivity contribution in [2.24, 2.45) is 0 Å². The Kier molecular flexibility index (Phi) is 4.47. The van der Waals surface area contributed by atoms with Gasteiger partial charge in [-0.15, -0.1) is 5.10 Å². The van der Waals surface area contributed by atoms with Crippen molar-refractivity contribution in [1.82, 2.24) is 15.4 Å². The molecule has 1 unspecified atom stereocenters. The molecule has 0 spiro atoms. The van der Waals surface area contributed by atoms with E-state index in [0.717, 1.165) is 6.42 Å². The minimum Gasteiger partial charge on any atom is -0.490 e. The van der Waals surface area contributed by atoms with Crippen molar-refractivity contribution in [2.45, 2.75) is 23.6 Å². The zero-order chi connectivity index (χ0) is 15.4. The lowest BCUT2D eigenvalue weighted by molar-refractivity contribution is -0.115. The first-order chi connectivity index (χ1) is 10.7. The molecule has 2 heterocycles. The lowest BCUT2D eigenvalue weighted by Crippen LogP contribution is -2.22. The van der Waals surface area contributed by atoms with Crippen LogP contribution in [-0.4, -0.2) is 39.8 Å². The summed E-state index contributed by atoms with van der Waals surface area (Å²) in [6.45, 7) is 3.07. The van der Waals surface area contributed by atoms with Crippen molar-refractivity contribution < 1.29 is 14.3 Å². The molecule has 2 aromatic rings. The Bertz CT molecular complexity index is 648. The summed E-state index contributed by atoms with van der Waals surface area (Å²) in [5, 5.41) is 13.4. The molecule has 1 aliphatic rings. The van der Waals surface area contributed by atoms with Gasteiger partial charge >= 0.3 is 0 Å². The van der Waals surface area contributed by atoms with E-state index < -0.39 is 0 Å². The maximum absolute atomic E-state index is 12.2. The third kappa shape index (κ3) is 3.51. The number of nitrogens with one attached hydrogen (secondary N) is 2. The van der Waals surface area contributed by atoms with E-state index in [0.29, 0.717) is 35.4 Å². The fraction of sp³-hybridized carbons (Fsp3) is 0.357. The molecule has 22 heavy (non-hydrogen) atoms. The van der Waals surface area contributed by atoms with Crippen molar-refractivity contribution in [3.8, 4) is 11.5 Å². The Balaban J connectivity index is 1.64. The highest BCUT2D eigenvalue weighted by Gasteiger charge is 2.17. The van der Waals surface area contributed by atoms with Crippen LogP contribution in [0.5, 0.6) is 11.5 Å². The number of nitrogens with zero attached hydrogens (tertiary/aromatic N) is 2. The molecule has 1 aliphatic heterocycles. The first-order valence-corrected chi connectivity index (χ1v) is 7.83. The summed E-state index contributed by atoms with van der Waals surface area (Å²) < 4.78 is 11.2. The molecular formula is C14H16N4O3S. The quantitative estimate of drug-likeness (QED) is 0.839. The van der Waals surface area contributed by atoms with Gasteiger partial charge in [0, 0.05) is 18.2 Å². The third-order valence-corrected chi connectivity index (χ3v) is 4.08. The molecule has 1 aromatic heterocycles. The molecule has 2 N–H and O–H groups in total. The van der Waals surface area contributed by atoms with E-state index >= 15 is 0 Å². The van der Waals surface area contributed by atoms with Crippen molar-refractivity contribution >= 4 is 23.4 Å². The number of hydrogen-bond acceptors (Lipinski definition) is 6. The van der Waals surface area contributed by atoms with Gasteiger partial charge in [0.05, 0.1) is 24.7 Å². The second-order valence-electron chi connectivity index (χ2n) is 4.77. The summed E-state index contributed by atoms with van der Waals surface area (Å²) in [7, 11) is 0. The van der Waals surface area contributed by atoms with Gasteiger partial charge in [-0.3, -0.25) is 4.79 Å². The molecule has 1 amide bonds. The smallest absolute Gasteiger partial charge is 0.237 e. The summed E-state index contributed by atoms with van der Waals surface area (Å²) >= 11 is 1.34. The van der Waals surface area contributed by atoms with E-state index in [1.807, 2.05) is 13.0 Å². The molecule has 116 valence electrons. The van der Waals surface area contributed by atoms with Gasteiger partial charge in [0.15, 0.2) is 11.5 Å². The van der Waals surface area contributed by atoms with Gasteiger partial charge in [0.2, 0.25) is 5.91 Å². The second-order valence-corrected chi connectivity index (χ2v) is 6.13. The molecule has 3 rings (SSSR count). The summed E-state index contributed by atoms with van der Waals surface area (Å²) in [5.74, 6) is 1.26. The van der Waals surface area contributed by atoms with Crippen LogP contribution < -0.4 is 14.8 Å². The Morgan fingerprint density at radius 2 is 2.18 bits per heavy atom. The highest BCUT2D eigenvalue weighted by molar-refractivity contribution is 8.00. The van der Waals surface area contributed by atoms with Gasteiger partial charge in [0.1, 0.15) is 5.03 Å². The normalized spacial score (nSPS) is 15.0. The molecule has 0 aliphatic carbocycles. The first kappa shape index (κ1) is 14.7. The molecule has 0 fully saturated rings. The predicted octanol–water partition coefficient (Wildman–Crippen LogP) is 2.09. The highest BCUT2D eigenvalue weighted by Crippen LogP contribution is 2.32. The number of ether oxygens (including phenoxy) is 2. The number of thioether (sulfide) groups is 1. The number of amides is 1. The maximum Gasteiger partial charge on any atom is 0.237 e. The SMILES string of the molecule is CC(Sc1cn[nH]n1)C(=O)Nc1ccc2c(c1)OCCCO2. The molecule has 7 nitrogen and oxygen atoms in total. The van der Waals surface area contributed by atoms with E-state index in [2.05, 4.69) is 20.7 Å². The van der Waals surface area contributed by atoms with Crippen molar-refractivity contribution in [3.63, 3.8) is 0 Å². The van der Waals surface area contributed by atoms with Gasteiger partial charge in [-0.25, -0.2) is 0 Å². The molecule has 0 bridgehead atoms. The van der Waals surface area contributed by atoms with Crippen LogP contribution in [-0.2, 0) is 4.79 Å². The van der Waals surface area contributed by atoms with Crippen LogP contribution in [0.4, 0.5) is 5.69 Å². The zero-order valence-electron chi connectivity index (χ0n) is 12.0. The summed E-state index contributed by atoms with van der Waals surface area (Å²) in [5.41, 5.74) is 0.682. The number of benzene rings is 1. The number of hydrogen-bond donors (Lipinski definition) is 2. The number of H-pyrrole nitrogens is 1. The molecule has 1 aromatic carbocycles. The molecule has 0 radical (unpaired) electrons. The number of rotatable bonds is 4. The lowest BCUT2D eigenvalue weighted by Gasteiger charge is -2.13. The average Bonchev–Trinajstić information content (AvgIpc) is 2.90. The third-order valence-electron chi connectivity index (χ3n) is 3.07. The monoisotopic (exact) mass is 320 g/mol. The number of aromatic nitrogens is 3. The second kappa shape index (κ2) is 6.69. The van der Waals surface area contributed by atoms with Gasteiger partial charge in [-0.2, -0.15) is 10.3 Å². The molecule has 0 saturated heterocycles. The summed E-state index contributed by atoms with van der Waals surface area (Å²) in [6.07, 6.45) is 2.43. The largest absolute Gasteiger partial charge is 0.490 e. The summed E-state index contributed by atoms with van der Waals surface area (Å²) in [4.78, 5) is 12.2. The van der Waals surface area contributed by atoms with E-state index in [9.17, 15) is 4.79 Å². The van der Waals surface area contributed by atoms with E-state index in [1.165, 1.54) is 11.8 Å². The van der Waals surface area contributed by atoms with Crippen molar-refractivity contribution in [2.75, 3.05) is 18.5 Å². The Hall–Kier alpha value is -2.22. The number of carbonyl (C=O) groups is 1. The minimum atomic E-state index is -0.291. The number of carbonyl (C=O) groups excluding carboxylic acids is 1. The zero-order valence-corrected chi connectivity index (χ0v) is 12.9. The highest BCUT2D eigenvalue weighted by atomic mass is 32.2. The van der Waals surface area contributed by atoms with Crippen LogP contribution in [0.1, 0.15) is 13.3 Å².